The predicted molar refractivity (Wildman–Crippen MR) is 76.0 cm³/mol. The van der Waals surface area contributed by atoms with E-state index in [0.717, 1.165) is 12.1 Å². The SMILES string of the molecule is CC(C)(C)NCC(=O)Nc1ccc(S(=O)(=O)C(F)F)cc1. The molecule has 0 aliphatic heterocycles. The van der Waals surface area contributed by atoms with Crippen molar-refractivity contribution < 1.29 is 22.0 Å². The monoisotopic (exact) mass is 320 g/mol. The molecule has 0 heterocycles. The van der Waals surface area contributed by atoms with Gasteiger partial charge in [-0.1, -0.05) is 0 Å². The highest BCUT2D eigenvalue weighted by atomic mass is 32.2. The molecule has 118 valence electrons. The fraction of sp³-hybridized carbons (Fsp3) is 0.462. The molecule has 1 aromatic carbocycles. The molecule has 5 nitrogen and oxygen atoms in total. The largest absolute Gasteiger partial charge is 0.341 e. The number of benzene rings is 1. The van der Waals surface area contributed by atoms with Crippen molar-refractivity contribution in [3.63, 3.8) is 0 Å². The Morgan fingerprint density at radius 1 is 1.19 bits per heavy atom. The van der Waals surface area contributed by atoms with Crippen molar-refractivity contribution in [2.75, 3.05) is 11.9 Å². The van der Waals surface area contributed by atoms with Crippen LogP contribution < -0.4 is 10.6 Å². The van der Waals surface area contributed by atoms with Crippen LogP contribution in [0.2, 0.25) is 0 Å². The van der Waals surface area contributed by atoms with Gasteiger partial charge in [-0.25, -0.2) is 8.42 Å². The van der Waals surface area contributed by atoms with Crippen LogP contribution in [0.5, 0.6) is 0 Å². The van der Waals surface area contributed by atoms with Gasteiger partial charge in [-0.2, -0.15) is 8.78 Å². The Balaban J connectivity index is 2.70. The molecule has 0 saturated heterocycles. The maximum Gasteiger partial charge on any atom is 0.341 e. The van der Waals surface area contributed by atoms with Crippen LogP contribution in [-0.2, 0) is 14.6 Å². The van der Waals surface area contributed by atoms with E-state index < -0.39 is 20.5 Å². The molecule has 1 rings (SSSR count). The van der Waals surface area contributed by atoms with E-state index in [0.29, 0.717) is 5.69 Å². The van der Waals surface area contributed by atoms with Gasteiger partial charge in [-0.05, 0) is 45.0 Å². The summed E-state index contributed by atoms with van der Waals surface area (Å²) in [4.78, 5) is 11.2. The number of alkyl halides is 2. The molecule has 0 aliphatic rings. The minimum absolute atomic E-state index is 0.0839. The van der Waals surface area contributed by atoms with Crippen LogP contribution in [0.25, 0.3) is 0 Å². The van der Waals surface area contributed by atoms with Crippen molar-refractivity contribution in [3.05, 3.63) is 24.3 Å². The van der Waals surface area contributed by atoms with Gasteiger partial charge in [0, 0.05) is 11.2 Å². The van der Waals surface area contributed by atoms with Crippen molar-refractivity contribution in [3.8, 4) is 0 Å². The molecule has 0 saturated carbocycles. The maximum absolute atomic E-state index is 12.4. The molecule has 0 aliphatic carbocycles. The minimum atomic E-state index is -4.61. The summed E-state index contributed by atoms with van der Waals surface area (Å²) in [6.07, 6.45) is 0. The summed E-state index contributed by atoms with van der Waals surface area (Å²) < 4.78 is 47.2. The van der Waals surface area contributed by atoms with Crippen LogP contribution in [0.15, 0.2) is 29.2 Å². The Kier molecular flexibility index (Phi) is 5.41. The molecule has 0 aromatic heterocycles. The van der Waals surface area contributed by atoms with Gasteiger partial charge in [-0.3, -0.25) is 4.79 Å². The molecule has 0 fully saturated rings. The van der Waals surface area contributed by atoms with E-state index in [2.05, 4.69) is 10.6 Å². The second kappa shape index (κ2) is 6.48. The van der Waals surface area contributed by atoms with Crippen molar-refractivity contribution in [2.45, 2.75) is 37.0 Å². The van der Waals surface area contributed by atoms with E-state index in [1.54, 1.807) is 0 Å². The van der Waals surface area contributed by atoms with Gasteiger partial charge in [-0.15, -0.1) is 0 Å². The zero-order chi connectivity index (χ0) is 16.3. The number of nitrogens with one attached hydrogen (secondary N) is 2. The van der Waals surface area contributed by atoms with Gasteiger partial charge in [0.15, 0.2) is 0 Å². The second-order valence-corrected chi connectivity index (χ2v) is 7.40. The second-order valence-electron chi connectivity index (χ2n) is 5.48. The quantitative estimate of drug-likeness (QED) is 0.870. The lowest BCUT2D eigenvalue weighted by Gasteiger charge is -2.20. The first-order valence-corrected chi connectivity index (χ1v) is 7.74. The molecule has 0 atom stereocenters. The zero-order valence-electron chi connectivity index (χ0n) is 12.0. The third-order valence-corrected chi connectivity index (χ3v) is 3.88. The number of rotatable bonds is 5. The van der Waals surface area contributed by atoms with Crippen LogP contribution in [0.4, 0.5) is 14.5 Å². The Bertz CT molecular complexity index is 593. The fourth-order valence-corrected chi connectivity index (χ4v) is 2.10. The summed E-state index contributed by atoms with van der Waals surface area (Å²) in [6.45, 7) is 5.80. The molecule has 8 heteroatoms. The average Bonchev–Trinajstić information content (AvgIpc) is 2.36. The molecule has 1 aromatic rings. The Morgan fingerprint density at radius 2 is 1.71 bits per heavy atom. The molecule has 2 N–H and O–H groups in total. The van der Waals surface area contributed by atoms with Crippen LogP contribution in [-0.4, -0.2) is 32.2 Å². The number of carbonyl (C=O) groups excluding carboxylic acids is 1. The van der Waals surface area contributed by atoms with Crippen molar-refractivity contribution in [1.82, 2.24) is 5.32 Å². The number of sulfone groups is 1. The van der Waals surface area contributed by atoms with Crippen molar-refractivity contribution in [1.29, 1.82) is 0 Å². The van der Waals surface area contributed by atoms with E-state index in [4.69, 9.17) is 0 Å². The minimum Gasteiger partial charge on any atom is -0.325 e. The molecular formula is C13H18F2N2O3S. The number of hydrogen-bond acceptors (Lipinski definition) is 4. The average molecular weight is 320 g/mol. The van der Waals surface area contributed by atoms with E-state index in [-0.39, 0.29) is 18.0 Å². The Morgan fingerprint density at radius 3 is 2.14 bits per heavy atom. The lowest BCUT2D eigenvalue weighted by atomic mass is 10.1. The first kappa shape index (κ1) is 17.5. The molecule has 1 amide bonds. The molecular weight excluding hydrogens is 302 g/mol. The van der Waals surface area contributed by atoms with Gasteiger partial charge in [0.1, 0.15) is 0 Å². The van der Waals surface area contributed by atoms with Crippen molar-refractivity contribution in [2.24, 2.45) is 0 Å². The molecule has 0 radical (unpaired) electrons. The van der Waals surface area contributed by atoms with E-state index in [1.165, 1.54) is 12.1 Å². The number of amides is 1. The van der Waals surface area contributed by atoms with Crippen LogP contribution in [0.1, 0.15) is 20.8 Å². The maximum atomic E-state index is 12.4. The number of carbonyl (C=O) groups is 1. The van der Waals surface area contributed by atoms with Crippen LogP contribution in [0, 0.1) is 0 Å². The summed E-state index contributed by atoms with van der Waals surface area (Å²) in [6, 6.07) is 4.61. The van der Waals surface area contributed by atoms with E-state index >= 15 is 0 Å². The van der Waals surface area contributed by atoms with Gasteiger partial charge in [0.25, 0.3) is 0 Å². The van der Waals surface area contributed by atoms with Crippen LogP contribution in [0.3, 0.4) is 0 Å². The molecule has 0 spiro atoms. The first-order valence-electron chi connectivity index (χ1n) is 6.19. The number of hydrogen-bond donors (Lipinski definition) is 2. The topological polar surface area (TPSA) is 75.3 Å². The van der Waals surface area contributed by atoms with Crippen LogP contribution >= 0.6 is 0 Å². The standard InChI is InChI=1S/C13H18F2N2O3S/c1-13(2,3)16-8-11(18)17-9-4-6-10(7-5-9)21(19,20)12(14)15/h4-7,12,16H,8H2,1-3H3,(H,17,18). The summed E-state index contributed by atoms with van der Waals surface area (Å²) in [5.74, 6) is -3.77. The third kappa shape index (κ3) is 5.39. The third-order valence-electron chi connectivity index (χ3n) is 2.48. The lowest BCUT2D eigenvalue weighted by molar-refractivity contribution is -0.115. The fourth-order valence-electron chi connectivity index (χ4n) is 1.38. The summed E-state index contributed by atoms with van der Waals surface area (Å²) in [5, 5.41) is 5.52. The first-order chi connectivity index (χ1) is 9.52. The van der Waals surface area contributed by atoms with Gasteiger partial charge in [0.2, 0.25) is 15.7 Å². The van der Waals surface area contributed by atoms with E-state index in [9.17, 15) is 22.0 Å². The van der Waals surface area contributed by atoms with Gasteiger partial charge >= 0.3 is 5.76 Å². The highest BCUT2D eigenvalue weighted by molar-refractivity contribution is 7.91. The van der Waals surface area contributed by atoms with Crippen molar-refractivity contribution >= 4 is 21.4 Å². The number of halogens is 2. The molecule has 0 unspecified atom stereocenters. The summed E-state index contributed by atoms with van der Waals surface area (Å²) >= 11 is 0. The highest BCUT2D eigenvalue weighted by Gasteiger charge is 2.26. The molecule has 0 bridgehead atoms. The molecule has 21 heavy (non-hydrogen) atoms. The number of anilines is 1. The summed E-state index contributed by atoms with van der Waals surface area (Å²) in [7, 11) is -4.61. The Labute approximate surface area is 122 Å². The highest BCUT2D eigenvalue weighted by Crippen LogP contribution is 2.20. The lowest BCUT2D eigenvalue weighted by Crippen LogP contribution is -2.41. The van der Waals surface area contributed by atoms with Gasteiger partial charge < -0.3 is 10.6 Å². The van der Waals surface area contributed by atoms with Gasteiger partial charge in [0.05, 0.1) is 11.4 Å². The zero-order valence-corrected chi connectivity index (χ0v) is 12.8. The predicted octanol–water partition coefficient (Wildman–Crippen LogP) is 2.01. The Hall–Kier alpha value is -1.54. The van der Waals surface area contributed by atoms with E-state index in [1.807, 2.05) is 20.8 Å². The summed E-state index contributed by atoms with van der Waals surface area (Å²) in [5.41, 5.74) is 0.121. The smallest absolute Gasteiger partial charge is 0.325 e. The normalized spacial score (nSPS) is 12.5.